The van der Waals surface area contributed by atoms with Gasteiger partial charge < -0.3 is 15.0 Å². The van der Waals surface area contributed by atoms with Crippen LogP contribution in [0.15, 0.2) is 48.0 Å². The molecule has 0 spiro atoms. The molecule has 1 aliphatic rings. The van der Waals surface area contributed by atoms with E-state index in [2.05, 4.69) is 32.7 Å². The summed E-state index contributed by atoms with van der Waals surface area (Å²) in [4.78, 5) is 19.2. The number of hydrogen-bond donors (Lipinski definition) is 1. The highest BCUT2D eigenvalue weighted by atomic mass is 32.1. The number of nitrogens with zero attached hydrogens (tertiary/aromatic N) is 2. The standard InChI is InChI=1S/C20H21N3O2S/c1-14(17-13-26-19-5-3-2-4-16(17)19)22-20(24)18-12-15(6-7-21-18)23-8-10-25-11-9-23/h2-7,12-14H,8-11H2,1H3,(H,22,24)/t14-/m1/s1. The van der Waals surface area contributed by atoms with E-state index in [0.717, 1.165) is 24.3 Å². The summed E-state index contributed by atoms with van der Waals surface area (Å²) >= 11 is 1.70. The zero-order chi connectivity index (χ0) is 17.9. The molecule has 1 aromatic carbocycles. The first-order valence-electron chi connectivity index (χ1n) is 8.78. The number of anilines is 1. The average molecular weight is 367 g/mol. The summed E-state index contributed by atoms with van der Waals surface area (Å²) in [6, 6.07) is 12.0. The minimum absolute atomic E-state index is 0.0764. The summed E-state index contributed by atoms with van der Waals surface area (Å²) in [5.74, 6) is -0.150. The molecular formula is C20H21N3O2S. The van der Waals surface area contributed by atoms with Gasteiger partial charge in [0, 0.05) is 29.7 Å². The second kappa shape index (κ2) is 7.43. The number of rotatable bonds is 4. The Hall–Kier alpha value is -2.44. The summed E-state index contributed by atoms with van der Waals surface area (Å²) in [6.07, 6.45) is 1.70. The summed E-state index contributed by atoms with van der Waals surface area (Å²) in [5, 5.41) is 6.40. The molecule has 2 aromatic heterocycles. The lowest BCUT2D eigenvalue weighted by atomic mass is 10.1. The van der Waals surface area contributed by atoms with Gasteiger partial charge in [0.05, 0.1) is 19.3 Å². The van der Waals surface area contributed by atoms with Crippen LogP contribution in [-0.4, -0.2) is 37.2 Å². The van der Waals surface area contributed by atoms with Crippen molar-refractivity contribution >= 4 is 33.0 Å². The number of morpholine rings is 1. The van der Waals surface area contributed by atoms with Gasteiger partial charge in [0.15, 0.2) is 0 Å². The minimum atomic E-state index is -0.150. The van der Waals surface area contributed by atoms with Crippen molar-refractivity contribution in [2.75, 3.05) is 31.2 Å². The summed E-state index contributed by atoms with van der Waals surface area (Å²) in [6.45, 7) is 5.11. The van der Waals surface area contributed by atoms with E-state index in [4.69, 9.17) is 4.74 Å². The van der Waals surface area contributed by atoms with Gasteiger partial charge in [0.2, 0.25) is 0 Å². The molecule has 0 aliphatic carbocycles. The van der Waals surface area contributed by atoms with Crippen molar-refractivity contribution in [1.29, 1.82) is 0 Å². The average Bonchev–Trinajstić information content (AvgIpc) is 3.13. The predicted molar refractivity (Wildman–Crippen MR) is 105 cm³/mol. The van der Waals surface area contributed by atoms with Crippen LogP contribution in [0.3, 0.4) is 0 Å². The van der Waals surface area contributed by atoms with E-state index in [1.807, 2.05) is 31.2 Å². The molecule has 1 atom stereocenters. The molecule has 1 saturated heterocycles. The fraction of sp³-hybridized carbons (Fsp3) is 0.300. The van der Waals surface area contributed by atoms with Crippen molar-refractivity contribution in [3.05, 3.63) is 59.2 Å². The fourth-order valence-corrected chi connectivity index (χ4v) is 4.30. The molecule has 4 rings (SSSR count). The van der Waals surface area contributed by atoms with Crippen molar-refractivity contribution in [1.82, 2.24) is 10.3 Å². The number of benzene rings is 1. The topological polar surface area (TPSA) is 54.5 Å². The molecule has 1 N–H and O–H groups in total. The predicted octanol–water partition coefficient (Wildman–Crippen LogP) is 3.62. The zero-order valence-corrected chi connectivity index (χ0v) is 15.5. The third-order valence-corrected chi connectivity index (χ3v) is 5.66. The lowest BCUT2D eigenvalue weighted by Gasteiger charge is -2.28. The monoisotopic (exact) mass is 367 g/mol. The number of thiophene rings is 1. The zero-order valence-electron chi connectivity index (χ0n) is 14.6. The van der Waals surface area contributed by atoms with Crippen molar-refractivity contribution in [2.24, 2.45) is 0 Å². The van der Waals surface area contributed by atoms with Crippen molar-refractivity contribution in [3.63, 3.8) is 0 Å². The number of fused-ring (bicyclic) bond motifs is 1. The number of amides is 1. The Kier molecular flexibility index (Phi) is 4.86. The van der Waals surface area contributed by atoms with Crippen LogP contribution in [0.4, 0.5) is 5.69 Å². The maximum absolute atomic E-state index is 12.7. The van der Waals surface area contributed by atoms with E-state index in [1.165, 1.54) is 10.1 Å². The molecule has 134 valence electrons. The minimum Gasteiger partial charge on any atom is -0.378 e. The molecule has 0 bridgehead atoms. The van der Waals surface area contributed by atoms with Gasteiger partial charge in [0.25, 0.3) is 5.91 Å². The first-order valence-corrected chi connectivity index (χ1v) is 9.66. The van der Waals surface area contributed by atoms with Crippen molar-refractivity contribution < 1.29 is 9.53 Å². The Morgan fingerprint density at radius 2 is 2.08 bits per heavy atom. The van der Waals surface area contributed by atoms with Gasteiger partial charge in [0.1, 0.15) is 5.69 Å². The Bertz CT molecular complexity index is 918. The third-order valence-electron chi connectivity index (χ3n) is 4.68. The van der Waals surface area contributed by atoms with Crippen LogP contribution in [0.1, 0.15) is 29.0 Å². The second-order valence-electron chi connectivity index (χ2n) is 6.38. The van der Waals surface area contributed by atoms with Crippen LogP contribution >= 0.6 is 11.3 Å². The highest BCUT2D eigenvalue weighted by Gasteiger charge is 2.18. The molecular weight excluding hydrogens is 346 g/mol. The highest BCUT2D eigenvalue weighted by Crippen LogP contribution is 2.30. The molecule has 1 aliphatic heterocycles. The van der Waals surface area contributed by atoms with Crippen LogP contribution in [0.25, 0.3) is 10.1 Å². The van der Waals surface area contributed by atoms with Crippen LogP contribution in [0.5, 0.6) is 0 Å². The largest absolute Gasteiger partial charge is 0.378 e. The van der Waals surface area contributed by atoms with Crippen LogP contribution in [0, 0.1) is 0 Å². The highest BCUT2D eigenvalue weighted by molar-refractivity contribution is 7.17. The van der Waals surface area contributed by atoms with E-state index < -0.39 is 0 Å². The Morgan fingerprint density at radius 3 is 2.92 bits per heavy atom. The van der Waals surface area contributed by atoms with Crippen LogP contribution < -0.4 is 10.2 Å². The molecule has 6 heteroatoms. The van der Waals surface area contributed by atoms with E-state index in [1.54, 1.807) is 17.5 Å². The SMILES string of the molecule is C[C@@H](NC(=O)c1cc(N2CCOCC2)ccn1)c1csc2ccccc12. The van der Waals surface area contributed by atoms with Crippen molar-refractivity contribution in [3.8, 4) is 0 Å². The number of nitrogens with one attached hydrogen (secondary N) is 1. The number of aromatic nitrogens is 1. The molecule has 0 radical (unpaired) electrons. The quantitative estimate of drug-likeness (QED) is 0.765. The number of pyridine rings is 1. The normalized spacial score (nSPS) is 15.8. The van der Waals surface area contributed by atoms with E-state index in [9.17, 15) is 4.79 Å². The van der Waals surface area contributed by atoms with E-state index in [-0.39, 0.29) is 11.9 Å². The van der Waals surface area contributed by atoms with Gasteiger partial charge in [-0.25, -0.2) is 0 Å². The number of carbonyl (C=O) groups excluding carboxylic acids is 1. The molecule has 0 saturated carbocycles. The van der Waals surface area contributed by atoms with E-state index >= 15 is 0 Å². The Balaban J connectivity index is 1.51. The van der Waals surface area contributed by atoms with Gasteiger partial charge >= 0.3 is 0 Å². The lowest BCUT2D eigenvalue weighted by molar-refractivity contribution is 0.0935. The molecule has 1 fully saturated rings. The van der Waals surface area contributed by atoms with Crippen molar-refractivity contribution in [2.45, 2.75) is 13.0 Å². The summed E-state index contributed by atoms with van der Waals surface area (Å²) in [5.41, 5.74) is 2.60. The first kappa shape index (κ1) is 17.0. The maximum atomic E-state index is 12.7. The number of ether oxygens (including phenoxy) is 1. The molecule has 26 heavy (non-hydrogen) atoms. The van der Waals surface area contributed by atoms with Gasteiger partial charge in [-0.05, 0) is 41.5 Å². The molecule has 5 nitrogen and oxygen atoms in total. The summed E-state index contributed by atoms with van der Waals surface area (Å²) in [7, 11) is 0. The number of hydrogen-bond acceptors (Lipinski definition) is 5. The third kappa shape index (κ3) is 3.43. The molecule has 1 amide bonds. The van der Waals surface area contributed by atoms with Gasteiger partial charge in [-0.15, -0.1) is 11.3 Å². The van der Waals surface area contributed by atoms with E-state index in [0.29, 0.717) is 18.9 Å². The maximum Gasteiger partial charge on any atom is 0.270 e. The van der Waals surface area contributed by atoms with Gasteiger partial charge in [-0.2, -0.15) is 0 Å². The Morgan fingerprint density at radius 1 is 1.27 bits per heavy atom. The number of carbonyl (C=O) groups is 1. The fourth-order valence-electron chi connectivity index (χ4n) is 3.24. The molecule has 3 aromatic rings. The molecule has 0 unspecified atom stereocenters. The summed E-state index contributed by atoms with van der Waals surface area (Å²) < 4.78 is 6.62. The Labute approximate surface area is 156 Å². The first-order chi connectivity index (χ1) is 12.7. The van der Waals surface area contributed by atoms with Gasteiger partial charge in [-0.1, -0.05) is 18.2 Å². The lowest BCUT2D eigenvalue weighted by Crippen LogP contribution is -2.36. The smallest absolute Gasteiger partial charge is 0.270 e. The molecule has 3 heterocycles. The second-order valence-corrected chi connectivity index (χ2v) is 7.29. The van der Waals surface area contributed by atoms with Crippen LogP contribution in [0.2, 0.25) is 0 Å². The van der Waals surface area contributed by atoms with Crippen LogP contribution in [-0.2, 0) is 4.74 Å². The van der Waals surface area contributed by atoms with Gasteiger partial charge in [-0.3, -0.25) is 9.78 Å².